The lowest BCUT2D eigenvalue weighted by Crippen LogP contribution is -2.15. The average Bonchev–Trinajstić information content (AvgIpc) is 2.77. The van der Waals surface area contributed by atoms with Crippen molar-refractivity contribution in [3.63, 3.8) is 0 Å². The molecule has 2 N–H and O–H groups in total. The molecule has 1 aromatic rings. The lowest BCUT2D eigenvalue weighted by atomic mass is 9.86. The fourth-order valence-corrected chi connectivity index (χ4v) is 2.61. The Bertz CT molecular complexity index is 428. The summed E-state index contributed by atoms with van der Waals surface area (Å²) in [6, 6.07) is 1.45. The first-order valence-corrected chi connectivity index (χ1v) is 6.64. The van der Waals surface area contributed by atoms with Crippen molar-refractivity contribution in [3.8, 4) is 0 Å². The Balaban J connectivity index is 2.05. The number of nitrogens with one attached hydrogen (secondary N) is 1. The summed E-state index contributed by atoms with van der Waals surface area (Å²) in [4.78, 5) is 25.7. The molecule has 1 aliphatic rings. The van der Waals surface area contributed by atoms with Crippen LogP contribution in [0.3, 0.4) is 0 Å². The summed E-state index contributed by atoms with van der Waals surface area (Å²) >= 11 is 0. The molecule has 2 rings (SSSR count). The molecule has 0 unspecified atom stereocenters. The van der Waals surface area contributed by atoms with Crippen LogP contribution in [-0.2, 0) is 0 Å². The van der Waals surface area contributed by atoms with Gasteiger partial charge in [0.15, 0.2) is 5.78 Å². The van der Waals surface area contributed by atoms with Crippen molar-refractivity contribution in [2.45, 2.75) is 44.9 Å². The van der Waals surface area contributed by atoms with Crippen LogP contribution < -0.4 is 0 Å². The predicted octanol–water partition coefficient (Wildman–Crippen LogP) is 3.26. The minimum absolute atomic E-state index is 0.0720. The second-order valence-corrected chi connectivity index (χ2v) is 5.01. The monoisotopic (exact) mass is 249 g/mol. The fourth-order valence-electron chi connectivity index (χ4n) is 2.61. The van der Waals surface area contributed by atoms with Crippen LogP contribution in [0.15, 0.2) is 12.3 Å². The van der Waals surface area contributed by atoms with Crippen molar-refractivity contribution >= 4 is 11.8 Å². The number of hydrogen-bond donors (Lipinski definition) is 2. The first-order valence-electron chi connectivity index (χ1n) is 6.64. The van der Waals surface area contributed by atoms with Crippen LogP contribution in [0.5, 0.6) is 0 Å². The van der Waals surface area contributed by atoms with Crippen LogP contribution in [0.4, 0.5) is 0 Å². The predicted molar refractivity (Wildman–Crippen MR) is 67.9 cm³/mol. The summed E-state index contributed by atoms with van der Waals surface area (Å²) in [6.07, 6.45) is 9.28. The van der Waals surface area contributed by atoms with Crippen molar-refractivity contribution in [3.05, 3.63) is 23.5 Å². The second kappa shape index (κ2) is 5.85. The number of ketones is 1. The van der Waals surface area contributed by atoms with E-state index in [1.165, 1.54) is 31.5 Å². The average molecular weight is 249 g/mol. The highest BCUT2D eigenvalue weighted by Crippen LogP contribution is 2.25. The summed E-state index contributed by atoms with van der Waals surface area (Å²) in [5.41, 5.74) is 0.599. The molecule has 0 spiro atoms. The highest BCUT2D eigenvalue weighted by Gasteiger charge is 2.22. The molecular weight excluding hydrogens is 230 g/mol. The van der Waals surface area contributed by atoms with E-state index in [0.29, 0.717) is 5.56 Å². The van der Waals surface area contributed by atoms with Crippen LogP contribution >= 0.6 is 0 Å². The molecule has 1 fully saturated rings. The van der Waals surface area contributed by atoms with Gasteiger partial charge in [-0.15, -0.1) is 0 Å². The van der Waals surface area contributed by atoms with E-state index in [2.05, 4.69) is 4.98 Å². The van der Waals surface area contributed by atoms with Crippen LogP contribution in [0, 0.1) is 5.92 Å². The largest absolute Gasteiger partial charge is 0.477 e. The maximum atomic E-state index is 12.3. The zero-order chi connectivity index (χ0) is 13.0. The van der Waals surface area contributed by atoms with Crippen LogP contribution in [0.25, 0.3) is 0 Å². The Morgan fingerprint density at radius 1 is 1.11 bits per heavy atom. The van der Waals surface area contributed by atoms with Gasteiger partial charge in [0, 0.05) is 17.7 Å². The maximum Gasteiger partial charge on any atom is 0.352 e. The topological polar surface area (TPSA) is 70.2 Å². The van der Waals surface area contributed by atoms with Crippen LogP contribution in [-0.4, -0.2) is 21.8 Å². The van der Waals surface area contributed by atoms with Gasteiger partial charge in [-0.3, -0.25) is 4.79 Å². The first-order chi connectivity index (χ1) is 8.68. The van der Waals surface area contributed by atoms with E-state index in [0.717, 1.165) is 25.7 Å². The molecule has 1 aromatic heterocycles. The molecular formula is C14H19NO3. The van der Waals surface area contributed by atoms with Crippen molar-refractivity contribution in [1.29, 1.82) is 0 Å². The molecule has 0 saturated heterocycles. The minimum atomic E-state index is -1.02. The standard InChI is InChI=1S/C14H19NO3/c16-13(10-6-4-2-1-3-5-7-10)11-8-12(14(17)18)15-9-11/h8-10,15H,1-7H2,(H,17,18). The van der Waals surface area contributed by atoms with Gasteiger partial charge < -0.3 is 10.1 Å². The molecule has 4 nitrogen and oxygen atoms in total. The molecule has 1 saturated carbocycles. The number of carboxylic acid groups (broad SMARTS) is 1. The van der Waals surface area contributed by atoms with Gasteiger partial charge in [-0.1, -0.05) is 32.1 Å². The number of Topliss-reactive ketones (excluding diaryl/α,β-unsaturated/α-hetero) is 1. The maximum absolute atomic E-state index is 12.3. The highest BCUT2D eigenvalue weighted by molar-refractivity contribution is 6.00. The van der Waals surface area contributed by atoms with E-state index in [-0.39, 0.29) is 17.4 Å². The van der Waals surface area contributed by atoms with Crippen LogP contribution in [0.1, 0.15) is 65.8 Å². The van der Waals surface area contributed by atoms with Gasteiger partial charge in [0.05, 0.1) is 0 Å². The molecule has 18 heavy (non-hydrogen) atoms. The number of aromatic nitrogens is 1. The summed E-state index contributed by atoms with van der Waals surface area (Å²) < 4.78 is 0. The summed E-state index contributed by atoms with van der Waals surface area (Å²) in [7, 11) is 0. The van der Waals surface area contributed by atoms with E-state index < -0.39 is 5.97 Å². The number of carbonyl (C=O) groups is 2. The molecule has 4 heteroatoms. The van der Waals surface area contributed by atoms with Crippen molar-refractivity contribution in [1.82, 2.24) is 4.98 Å². The Hall–Kier alpha value is -1.58. The molecule has 0 amide bonds. The molecule has 1 aliphatic carbocycles. The van der Waals surface area contributed by atoms with E-state index in [4.69, 9.17) is 5.11 Å². The Labute approximate surface area is 106 Å². The van der Waals surface area contributed by atoms with E-state index >= 15 is 0 Å². The SMILES string of the molecule is O=C(O)c1cc(C(=O)C2CCCCCCC2)c[nH]1. The van der Waals surface area contributed by atoms with E-state index in [9.17, 15) is 9.59 Å². The zero-order valence-corrected chi connectivity index (χ0v) is 10.4. The fraction of sp³-hybridized carbons (Fsp3) is 0.571. The molecule has 0 atom stereocenters. The van der Waals surface area contributed by atoms with Crippen molar-refractivity contribution < 1.29 is 14.7 Å². The van der Waals surface area contributed by atoms with Gasteiger partial charge in [0.1, 0.15) is 5.69 Å². The lowest BCUT2D eigenvalue weighted by molar-refractivity contribution is 0.0691. The molecule has 0 aliphatic heterocycles. The van der Waals surface area contributed by atoms with Gasteiger partial charge >= 0.3 is 5.97 Å². The Morgan fingerprint density at radius 2 is 1.72 bits per heavy atom. The number of aromatic amines is 1. The summed E-state index contributed by atoms with van der Waals surface area (Å²) in [6.45, 7) is 0. The van der Waals surface area contributed by atoms with Crippen LogP contribution in [0.2, 0.25) is 0 Å². The van der Waals surface area contributed by atoms with E-state index in [1.54, 1.807) is 0 Å². The third-order valence-corrected chi connectivity index (χ3v) is 3.67. The zero-order valence-electron chi connectivity index (χ0n) is 10.4. The molecule has 0 aromatic carbocycles. The van der Waals surface area contributed by atoms with E-state index in [1.807, 2.05) is 0 Å². The molecule has 0 radical (unpaired) electrons. The van der Waals surface area contributed by atoms with Crippen molar-refractivity contribution in [2.24, 2.45) is 5.92 Å². The molecule has 0 bridgehead atoms. The normalized spacial score (nSPS) is 18.0. The van der Waals surface area contributed by atoms with Gasteiger partial charge in [-0.25, -0.2) is 4.79 Å². The highest BCUT2D eigenvalue weighted by atomic mass is 16.4. The number of H-pyrrole nitrogens is 1. The number of rotatable bonds is 3. The minimum Gasteiger partial charge on any atom is -0.477 e. The first kappa shape index (κ1) is 12.9. The number of hydrogen-bond acceptors (Lipinski definition) is 2. The molecule has 1 heterocycles. The third-order valence-electron chi connectivity index (χ3n) is 3.67. The Kier molecular flexibility index (Phi) is 4.18. The summed E-state index contributed by atoms with van der Waals surface area (Å²) in [5.74, 6) is -0.852. The third kappa shape index (κ3) is 3.00. The molecule has 98 valence electrons. The lowest BCUT2D eigenvalue weighted by Gasteiger charge is -2.17. The quantitative estimate of drug-likeness (QED) is 0.808. The van der Waals surface area contributed by atoms with Crippen molar-refractivity contribution in [2.75, 3.05) is 0 Å². The summed E-state index contributed by atoms with van der Waals surface area (Å²) in [5, 5.41) is 8.83. The van der Waals surface area contributed by atoms with Gasteiger partial charge in [0.2, 0.25) is 0 Å². The Morgan fingerprint density at radius 3 is 2.28 bits per heavy atom. The second-order valence-electron chi connectivity index (χ2n) is 5.01. The number of carbonyl (C=O) groups excluding carboxylic acids is 1. The number of aromatic carboxylic acids is 1. The smallest absolute Gasteiger partial charge is 0.352 e. The van der Waals surface area contributed by atoms with Gasteiger partial charge in [-0.2, -0.15) is 0 Å². The number of carboxylic acids is 1. The van der Waals surface area contributed by atoms with Gasteiger partial charge in [0.25, 0.3) is 0 Å². The van der Waals surface area contributed by atoms with Gasteiger partial charge in [-0.05, 0) is 18.9 Å².